The van der Waals surface area contributed by atoms with Gasteiger partial charge in [0.1, 0.15) is 5.69 Å². The zero-order valence-electron chi connectivity index (χ0n) is 11.3. The van der Waals surface area contributed by atoms with Crippen LogP contribution in [0.4, 0.5) is 0 Å². The van der Waals surface area contributed by atoms with Crippen LogP contribution in [0.25, 0.3) is 0 Å². The van der Waals surface area contributed by atoms with E-state index in [9.17, 15) is 4.79 Å². The van der Waals surface area contributed by atoms with Gasteiger partial charge in [0.25, 0.3) is 0 Å². The summed E-state index contributed by atoms with van der Waals surface area (Å²) in [5, 5.41) is 7.60. The van der Waals surface area contributed by atoms with Crippen LogP contribution in [0.15, 0.2) is 6.20 Å². The zero-order valence-corrected chi connectivity index (χ0v) is 12.0. The topological polar surface area (TPSA) is 56.2 Å². The second-order valence-corrected chi connectivity index (χ2v) is 5.49. The van der Waals surface area contributed by atoms with E-state index < -0.39 is 0 Å². The number of hydrogen-bond donors (Lipinski definition) is 1. The number of nitrogens with zero attached hydrogens (tertiary/aromatic N) is 2. The summed E-state index contributed by atoms with van der Waals surface area (Å²) >= 11 is 6.00. The first kappa shape index (κ1) is 15.1. The molecule has 0 spiro atoms. The fourth-order valence-corrected chi connectivity index (χ4v) is 1.66. The van der Waals surface area contributed by atoms with Crippen LogP contribution in [0, 0.1) is 0 Å². The lowest BCUT2D eigenvalue weighted by molar-refractivity contribution is 0.0968. The van der Waals surface area contributed by atoms with Crippen LogP contribution in [0.2, 0.25) is 5.02 Å². The number of Topliss-reactive ketones (excluding diaryl/α,β-unsaturated/α-hetero) is 1. The summed E-state index contributed by atoms with van der Waals surface area (Å²) in [6.07, 6.45) is 1.49. The summed E-state index contributed by atoms with van der Waals surface area (Å²) in [4.78, 5) is 12.1. The van der Waals surface area contributed by atoms with Gasteiger partial charge in [-0.15, -0.1) is 0 Å². The molecule has 0 aliphatic heterocycles. The third-order valence-electron chi connectivity index (χ3n) is 2.35. The van der Waals surface area contributed by atoms with Crippen LogP contribution in [0.3, 0.4) is 0 Å². The Kier molecular flexibility index (Phi) is 5.31. The van der Waals surface area contributed by atoms with E-state index in [-0.39, 0.29) is 17.9 Å². The number of nitrogens with one attached hydrogen (secondary N) is 1. The molecule has 0 radical (unpaired) electrons. The molecule has 0 atom stereocenters. The van der Waals surface area contributed by atoms with E-state index in [0.717, 1.165) is 0 Å². The molecule has 102 valence electrons. The number of methoxy groups -OCH3 is 1. The van der Waals surface area contributed by atoms with E-state index in [1.54, 1.807) is 11.8 Å². The van der Waals surface area contributed by atoms with Crippen molar-refractivity contribution in [2.45, 2.75) is 32.9 Å². The number of hydrogen-bond acceptors (Lipinski definition) is 4. The van der Waals surface area contributed by atoms with Crippen molar-refractivity contribution in [1.82, 2.24) is 15.1 Å². The van der Waals surface area contributed by atoms with E-state index in [1.807, 2.05) is 20.8 Å². The largest absolute Gasteiger partial charge is 0.383 e. The number of ether oxygens (including phenoxy) is 1. The molecule has 0 amide bonds. The molecule has 0 aliphatic rings. The predicted molar refractivity (Wildman–Crippen MR) is 71.2 cm³/mol. The molecule has 0 saturated heterocycles. The van der Waals surface area contributed by atoms with Gasteiger partial charge in [0.15, 0.2) is 5.78 Å². The molecule has 0 saturated carbocycles. The van der Waals surface area contributed by atoms with Crippen molar-refractivity contribution in [3.63, 3.8) is 0 Å². The Balaban J connectivity index is 2.75. The average Bonchev–Trinajstić information content (AvgIpc) is 2.64. The second kappa shape index (κ2) is 6.31. The molecular weight excluding hydrogens is 254 g/mol. The van der Waals surface area contributed by atoms with E-state index >= 15 is 0 Å². The SMILES string of the molecule is COCCn1ncc(Cl)c1C(=O)CNC(C)(C)C. The summed E-state index contributed by atoms with van der Waals surface area (Å²) in [5.74, 6) is -0.0662. The van der Waals surface area contributed by atoms with Crippen molar-refractivity contribution in [2.24, 2.45) is 0 Å². The highest BCUT2D eigenvalue weighted by molar-refractivity contribution is 6.33. The predicted octanol–water partition coefficient (Wildman–Crippen LogP) is 1.75. The van der Waals surface area contributed by atoms with Gasteiger partial charge in [0, 0.05) is 12.6 Å². The molecule has 0 aromatic carbocycles. The Morgan fingerprint density at radius 3 is 2.78 bits per heavy atom. The molecule has 0 bridgehead atoms. The minimum Gasteiger partial charge on any atom is -0.383 e. The molecule has 5 nitrogen and oxygen atoms in total. The van der Waals surface area contributed by atoms with Gasteiger partial charge < -0.3 is 10.1 Å². The lowest BCUT2D eigenvalue weighted by atomic mass is 10.1. The van der Waals surface area contributed by atoms with E-state index in [1.165, 1.54) is 6.20 Å². The third-order valence-corrected chi connectivity index (χ3v) is 2.62. The smallest absolute Gasteiger partial charge is 0.196 e. The van der Waals surface area contributed by atoms with Crippen LogP contribution in [0.1, 0.15) is 31.3 Å². The second-order valence-electron chi connectivity index (χ2n) is 5.08. The molecule has 18 heavy (non-hydrogen) atoms. The van der Waals surface area contributed by atoms with Crippen LogP contribution >= 0.6 is 11.6 Å². The van der Waals surface area contributed by atoms with Crippen molar-refractivity contribution < 1.29 is 9.53 Å². The molecule has 1 aromatic rings. The van der Waals surface area contributed by atoms with Gasteiger partial charge in [-0.3, -0.25) is 9.48 Å². The Labute approximate surface area is 112 Å². The molecule has 6 heteroatoms. The first-order valence-electron chi connectivity index (χ1n) is 5.83. The third kappa shape index (κ3) is 4.40. The summed E-state index contributed by atoms with van der Waals surface area (Å²) < 4.78 is 6.55. The number of aromatic nitrogens is 2. The maximum atomic E-state index is 12.1. The van der Waals surface area contributed by atoms with Crippen molar-refractivity contribution in [2.75, 3.05) is 20.3 Å². The number of ketones is 1. The number of carbonyl (C=O) groups excluding carboxylic acids is 1. The zero-order chi connectivity index (χ0) is 13.8. The molecule has 1 aromatic heterocycles. The van der Waals surface area contributed by atoms with Crippen molar-refractivity contribution in [1.29, 1.82) is 0 Å². The van der Waals surface area contributed by atoms with E-state index in [2.05, 4.69) is 10.4 Å². The lowest BCUT2D eigenvalue weighted by Crippen LogP contribution is -2.39. The first-order valence-corrected chi connectivity index (χ1v) is 6.21. The summed E-state index contributed by atoms with van der Waals surface area (Å²) in [5.41, 5.74) is 0.324. The summed E-state index contributed by atoms with van der Waals surface area (Å²) in [7, 11) is 1.60. The van der Waals surface area contributed by atoms with Gasteiger partial charge in [0.05, 0.1) is 30.9 Å². The Morgan fingerprint density at radius 2 is 2.22 bits per heavy atom. The van der Waals surface area contributed by atoms with Gasteiger partial charge in [0.2, 0.25) is 0 Å². The molecule has 0 aliphatic carbocycles. The summed E-state index contributed by atoms with van der Waals surface area (Å²) in [6, 6.07) is 0. The van der Waals surface area contributed by atoms with Gasteiger partial charge in [-0.1, -0.05) is 11.6 Å². The lowest BCUT2D eigenvalue weighted by Gasteiger charge is -2.20. The molecule has 1 heterocycles. The minimum absolute atomic E-state index is 0.0662. The average molecular weight is 274 g/mol. The molecule has 0 fully saturated rings. The fourth-order valence-electron chi connectivity index (χ4n) is 1.42. The maximum absolute atomic E-state index is 12.1. The molecule has 1 N–H and O–H groups in total. The molecule has 1 rings (SSSR count). The van der Waals surface area contributed by atoms with Crippen molar-refractivity contribution in [3.8, 4) is 0 Å². The first-order chi connectivity index (χ1) is 8.35. The molecule has 0 unspecified atom stereocenters. The minimum atomic E-state index is -0.112. The van der Waals surface area contributed by atoms with Crippen LogP contribution in [-0.2, 0) is 11.3 Å². The number of halogens is 1. The fraction of sp³-hybridized carbons (Fsp3) is 0.667. The maximum Gasteiger partial charge on any atom is 0.196 e. The number of carbonyl (C=O) groups is 1. The van der Waals surface area contributed by atoms with Gasteiger partial charge in [-0.25, -0.2) is 0 Å². The highest BCUT2D eigenvalue weighted by Gasteiger charge is 2.19. The standard InChI is InChI=1S/C12H20ClN3O2/c1-12(2,3)14-8-10(17)11-9(13)7-15-16(11)5-6-18-4/h7,14H,5-6,8H2,1-4H3. The van der Waals surface area contributed by atoms with Crippen molar-refractivity contribution in [3.05, 3.63) is 16.9 Å². The Hall–Kier alpha value is -0.910. The van der Waals surface area contributed by atoms with Crippen LogP contribution < -0.4 is 5.32 Å². The van der Waals surface area contributed by atoms with Gasteiger partial charge in [-0.2, -0.15) is 5.10 Å². The monoisotopic (exact) mass is 273 g/mol. The van der Waals surface area contributed by atoms with E-state index in [4.69, 9.17) is 16.3 Å². The summed E-state index contributed by atoms with van der Waals surface area (Å²) in [6.45, 7) is 7.25. The van der Waals surface area contributed by atoms with Gasteiger partial charge >= 0.3 is 0 Å². The quantitative estimate of drug-likeness (QED) is 0.803. The highest BCUT2D eigenvalue weighted by Crippen LogP contribution is 2.15. The van der Waals surface area contributed by atoms with Crippen LogP contribution in [0.5, 0.6) is 0 Å². The van der Waals surface area contributed by atoms with E-state index in [0.29, 0.717) is 23.9 Å². The molecular formula is C12H20ClN3O2. The normalized spacial score (nSPS) is 11.8. The Bertz CT molecular complexity index is 410. The van der Waals surface area contributed by atoms with Gasteiger partial charge in [-0.05, 0) is 20.8 Å². The Morgan fingerprint density at radius 1 is 1.56 bits per heavy atom. The van der Waals surface area contributed by atoms with Crippen molar-refractivity contribution >= 4 is 17.4 Å². The number of rotatable bonds is 6. The van der Waals surface area contributed by atoms with Crippen LogP contribution in [-0.4, -0.2) is 41.4 Å². The highest BCUT2D eigenvalue weighted by atomic mass is 35.5.